The Morgan fingerprint density at radius 2 is 1.95 bits per heavy atom. The van der Waals surface area contributed by atoms with E-state index in [1.54, 1.807) is 0 Å². The summed E-state index contributed by atoms with van der Waals surface area (Å²) in [5, 5.41) is 3.77. The Kier molecular flexibility index (Phi) is 6.11. The molecule has 1 saturated carbocycles. The molecule has 0 spiro atoms. The lowest BCUT2D eigenvalue weighted by molar-refractivity contribution is -0.00402. The Hall–Kier alpha value is -0.120. The number of hydrogen-bond donors (Lipinski definition) is 1. The minimum Gasteiger partial charge on any atom is -0.381 e. The Morgan fingerprint density at radius 1 is 1.21 bits per heavy atom. The topological polar surface area (TPSA) is 24.5 Å². The van der Waals surface area contributed by atoms with Crippen molar-refractivity contribution in [2.75, 3.05) is 39.4 Å². The van der Waals surface area contributed by atoms with E-state index in [0.717, 1.165) is 19.3 Å². The third kappa shape index (κ3) is 5.05. The lowest BCUT2D eigenvalue weighted by atomic mass is 9.79. The average molecular weight is 268 g/mol. The second kappa shape index (κ2) is 7.61. The van der Waals surface area contributed by atoms with Crippen LogP contribution in [0.4, 0.5) is 0 Å². The van der Waals surface area contributed by atoms with Gasteiger partial charge in [-0.3, -0.25) is 0 Å². The van der Waals surface area contributed by atoms with Crippen molar-refractivity contribution < 1.29 is 4.74 Å². The minimum absolute atomic E-state index is 0.463. The smallest absolute Gasteiger partial charge is 0.0472 e. The highest BCUT2D eigenvalue weighted by Crippen LogP contribution is 2.32. The van der Waals surface area contributed by atoms with Crippen LogP contribution in [-0.2, 0) is 4.74 Å². The minimum atomic E-state index is 0.463. The largest absolute Gasteiger partial charge is 0.381 e. The van der Waals surface area contributed by atoms with Crippen LogP contribution < -0.4 is 5.32 Å². The van der Waals surface area contributed by atoms with Crippen LogP contribution in [0.1, 0.15) is 52.4 Å². The van der Waals surface area contributed by atoms with E-state index in [1.807, 2.05) is 0 Å². The van der Waals surface area contributed by atoms with E-state index in [4.69, 9.17) is 4.74 Å². The number of nitrogens with zero attached hydrogens (tertiary/aromatic N) is 1. The quantitative estimate of drug-likeness (QED) is 0.696. The molecule has 0 radical (unpaired) electrons. The molecule has 0 amide bonds. The van der Waals surface area contributed by atoms with Crippen LogP contribution in [0.2, 0.25) is 0 Å². The zero-order valence-corrected chi connectivity index (χ0v) is 12.9. The molecular formula is C16H32N2O. The summed E-state index contributed by atoms with van der Waals surface area (Å²) in [7, 11) is 0. The first kappa shape index (κ1) is 15.3. The standard InChI is InChI=1S/C16H32N2O/c1-3-5-10-18(4-2)14-16(8-11-19-12-9-16)13-17-15-6-7-15/h15,17H,3-14H2,1-2H3. The molecule has 1 heterocycles. The summed E-state index contributed by atoms with van der Waals surface area (Å²) in [5.74, 6) is 0. The Balaban J connectivity index is 1.86. The van der Waals surface area contributed by atoms with Gasteiger partial charge in [-0.15, -0.1) is 0 Å². The first-order valence-electron chi connectivity index (χ1n) is 8.31. The third-order valence-electron chi connectivity index (χ3n) is 4.73. The maximum absolute atomic E-state index is 5.60. The van der Waals surface area contributed by atoms with E-state index in [9.17, 15) is 0 Å². The second-order valence-electron chi connectivity index (χ2n) is 6.49. The summed E-state index contributed by atoms with van der Waals surface area (Å²) in [6.45, 7) is 11.4. The van der Waals surface area contributed by atoms with Crippen LogP contribution in [0.5, 0.6) is 0 Å². The van der Waals surface area contributed by atoms with Crippen molar-refractivity contribution in [2.45, 2.75) is 58.4 Å². The van der Waals surface area contributed by atoms with E-state index in [0.29, 0.717) is 5.41 Å². The second-order valence-corrected chi connectivity index (χ2v) is 6.49. The van der Waals surface area contributed by atoms with Crippen LogP contribution in [0.3, 0.4) is 0 Å². The summed E-state index contributed by atoms with van der Waals surface area (Å²) in [5.41, 5.74) is 0.463. The Labute approximate surface area is 119 Å². The van der Waals surface area contributed by atoms with Crippen molar-refractivity contribution in [3.63, 3.8) is 0 Å². The van der Waals surface area contributed by atoms with E-state index in [-0.39, 0.29) is 0 Å². The summed E-state index contributed by atoms with van der Waals surface area (Å²) in [4.78, 5) is 2.66. The molecule has 19 heavy (non-hydrogen) atoms. The zero-order chi connectivity index (χ0) is 13.6. The van der Waals surface area contributed by atoms with Crippen LogP contribution in [0.15, 0.2) is 0 Å². The first-order valence-corrected chi connectivity index (χ1v) is 8.31. The van der Waals surface area contributed by atoms with Crippen LogP contribution >= 0.6 is 0 Å². The van der Waals surface area contributed by atoms with Gasteiger partial charge in [-0.25, -0.2) is 0 Å². The maximum atomic E-state index is 5.60. The molecule has 1 aliphatic carbocycles. The van der Waals surface area contributed by atoms with Gasteiger partial charge < -0.3 is 15.0 Å². The van der Waals surface area contributed by atoms with Gasteiger partial charge in [0.2, 0.25) is 0 Å². The molecule has 3 nitrogen and oxygen atoms in total. The molecule has 0 unspecified atom stereocenters. The summed E-state index contributed by atoms with van der Waals surface area (Å²) < 4.78 is 5.60. The molecule has 2 fully saturated rings. The van der Waals surface area contributed by atoms with Gasteiger partial charge in [0, 0.05) is 32.3 Å². The molecule has 0 aromatic heterocycles. The predicted octanol–water partition coefficient (Wildman–Crippen LogP) is 2.66. The number of nitrogens with one attached hydrogen (secondary N) is 1. The highest BCUT2D eigenvalue weighted by atomic mass is 16.5. The first-order chi connectivity index (χ1) is 9.28. The Morgan fingerprint density at radius 3 is 2.53 bits per heavy atom. The highest BCUT2D eigenvalue weighted by Gasteiger charge is 2.35. The fourth-order valence-corrected chi connectivity index (χ4v) is 3.05. The van der Waals surface area contributed by atoms with Gasteiger partial charge in [-0.05, 0) is 50.6 Å². The van der Waals surface area contributed by atoms with E-state index in [2.05, 4.69) is 24.1 Å². The zero-order valence-electron chi connectivity index (χ0n) is 12.9. The molecular weight excluding hydrogens is 236 g/mol. The van der Waals surface area contributed by atoms with Gasteiger partial charge >= 0.3 is 0 Å². The van der Waals surface area contributed by atoms with Crippen molar-refractivity contribution in [1.82, 2.24) is 10.2 Å². The van der Waals surface area contributed by atoms with Gasteiger partial charge in [0.1, 0.15) is 0 Å². The molecule has 0 bridgehead atoms. The Bertz CT molecular complexity index is 247. The fraction of sp³-hybridized carbons (Fsp3) is 1.00. The molecule has 2 rings (SSSR count). The molecule has 1 saturated heterocycles. The molecule has 0 aromatic rings. The van der Waals surface area contributed by atoms with Gasteiger partial charge in [0.05, 0.1) is 0 Å². The number of ether oxygens (including phenoxy) is 1. The number of rotatable bonds is 9. The van der Waals surface area contributed by atoms with E-state index < -0.39 is 0 Å². The summed E-state index contributed by atoms with van der Waals surface area (Å²) in [6.07, 6.45) is 7.87. The van der Waals surface area contributed by atoms with Crippen molar-refractivity contribution in [3.8, 4) is 0 Å². The van der Waals surface area contributed by atoms with Gasteiger partial charge in [-0.2, -0.15) is 0 Å². The molecule has 2 aliphatic rings. The van der Waals surface area contributed by atoms with Crippen molar-refractivity contribution in [2.24, 2.45) is 5.41 Å². The molecule has 0 aromatic carbocycles. The van der Waals surface area contributed by atoms with Crippen molar-refractivity contribution >= 4 is 0 Å². The van der Waals surface area contributed by atoms with Crippen molar-refractivity contribution in [3.05, 3.63) is 0 Å². The third-order valence-corrected chi connectivity index (χ3v) is 4.73. The van der Waals surface area contributed by atoms with Crippen molar-refractivity contribution in [1.29, 1.82) is 0 Å². The maximum Gasteiger partial charge on any atom is 0.0472 e. The van der Waals surface area contributed by atoms with Gasteiger partial charge in [0.15, 0.2) is 0 Å². The van der Waals surface area contributed by atoms with E-state index in [1.165, 1.54) is 64.7 Å². The summed E-state index contributed by atoms with van der Waals surface area (Å²) in [6, 6.07) is 0.824. The molecule has 3 heteroatoms. The highest BCUT2D eigenvalue weighted by molar-refractivity contribution is 4.91. The lowest BCUT2D eigenvalue weighted by Crippen LogP contribution is -2.48. The number of hydrogen-bond acceptors (Lipinski definition) is 3. The van der Waals surface area contributed by atoms with Crippen LogP contribution in [0.25, 0.3) is 0 Å². The van der Waals surface area contributed by atoms with Crippen LogP contribution in [0, 0.1) is 5.41 Å². The monoisotopic (exact) mass is 268 g/mol. The number of unbranched alkanes of at least 4 members (excludes halogenated alkanes) is 1. The normalized spacial score (nSPS) is 22.9. The molecule has 1 aliphatic heterocycles. The lowest BCUT2D eigenvalue weighted by Gasteiger charge is -2.41. The van der Waals surface area contributed by atoms with Gasteiger partial charge in [-0.1, -0.05) is 20.3 Å². The molecule has 0 atom stereocenters. The van der Waals surface area contributed by atoms with Crippen LogP contribution in [-0.4, -0.2) is 50.3 Å². The van der Waals surface area contributed by atoms with Gasteiger partial charge in [0.25, 0.3) is 0 Å². The SMILES string of the molecule is CCCCN(CC)CC1(CNC2CC2)CCOCC1. The molecule has 112 valence electrons. The molecule has 1 N–H and O–H groups in total. The average Bonchev–Trinajstić information content (AvgIpc) is 3.27. The fourth-order valence-electron chi connectivity index (χ4n) is 3.05. The summed E-state index contributed by atoms with van der Waals surface area (Å²) >= 11 is 0. The van der Waals surface area contributed by atoms with E-state index >= 15 is 0 Å². The predicted molar refractivity (Wildman–Crippen MR) is 80.5 cm³/mol.